The third-order valence-electron chi connectivity index (χ3n) is 5.83. The summed E-state index contributed by atoms with van der Waals surface area (Å²) in [6.45, 7) is 5.67. The van der Waals surface area contributed by atoms with E-state index in [-0.39, 0.29) is 0 Å². The Morgan fingerprint density at radius 3 is 2.23 bits per heavy atom. The third-order valence-corrected chi connectivity index (χ3v) is 5.83. The van der Waals surface area contributed by atoms with Crippen molar-refractivity contribution in [3.63, 3.8) is 0 Å². The molecule has 154 valence electrons. The molecule has 4 aromatic rings. The van der Waals surface area contributed by atoms with Crippen molar-refractivity contribution in [1.82, 2.24) is 4.57 Å². The molecule has 3 heteroatoms. The molecule has 0 amide bonds. The lowest BCUT2D eigenvalue weighted by Crippen LogP contribution is -3.08. The summed E-state index contributed by atoms with van der Waals surface area (Å²) >= 11 is 0. The molecule has 3 nitrogen and oxygen atoms in total. The van der Waals surface area contributed by atoms with Crippen LogP contribution in [0.2, 0.25) is 0 Å². The first kappa shape index (κ1) is 20.7. The number of nitrogens with one attached hydrogen (secondary N) is 1. The van der Waals surface area contributed by atoms with Gasteiger partial charge in [-0.1, -0.05) is 72.8 Å². The molecule has 1 N–H and O–H groups in total. The molecule has 31 heavy (non-hydrogen) atoms. The van der Waals surface area contributed by atoms with Crippen LogP contribution in [0.1, 0.15) is 33.5 Å². The molecule has 1 aromatic heterocycles. The predicted octanol–water partition coefficient (Wildman–Crippen LogP) is 4.50. The number of quaternary nitrogens is 1. The monoisotopic (exact) mass is 406 g/mol. The van der Waals surface area contributed by atoms with E-state index in [0.717, 1.165) is 37.3 Å². The molecule has 0 aliphatic carbocycles. The second-order valence-corrected chi connectivity index (χ2v) is 8.09. The predicted molar refractivity (Wildman–Crippen MR) is 124 cm³/mol. The molecule has 0 aliphatic heterocycles. The number of benzene rings is 3. The molecule has 1 unspecified atom stereocenters. The highest BCUT2D eigenvalue weighted by molar-refractivity contribution is 5.36. The minimum Gasteiger partial charge on any atom is -0.342 e. The maximum atomic E-state index is 9.55. The lowest BCUT2D eigenvalue weighted by molar-refractivity contribution is -0.941. The van der Waals surface area contributed by atoms with E-state index in [1.54, 1.807) is 0 Å². The summed E-state index contributed by atoms with van der Waals surface area (Å²) < 4.78 is 2.35. The van der Waals surface area contributed by atoms with Crippen LogP contribution in [0, 0.1) is 18.3 Å². The first-order valence-corrected chi connectivity index (χ1v) is 10.8. The largest absolute Gasteiger partial charge is 0.342 e. The Bertz CT molecular complexity index is 1170. The first-order chi connectivity index (χ1) is 15.2. The van der Waals surface area contributed by atoms with Crippen LogP contribution in [0.25, 0.3) is 0 Å². The Kier molecular flexibility index (Phi) is 6.62. The maximum absolute atomic E-state index is 9.55. The summed E-state index contributed by atoms with van der Waals surface area (Å²) in [6, 6.07) is 33.9. The number of rotatable bonds is 8. The molecular formula is C28H28N3+. The fourth-order valence-corrected chi connectivity index (χ4v) is 4.12. The minimum absolute atomic E-state index is 0.767. The van der Waals surface area contributed by atoms with Crippen LogP contribution < -0.4 is 4.90 Å². The molecule has 0 radical (unpaired) electrons. The Balaban J connectivity index is 1.59. The molecular weight excluding hydrogens is 378 g/mol. The van der Waals surface area contributed by atoms with Gasteiger partial charge in [0.2, 0.25) is 0 Å². The molecule has 0 spiro atoms. The van der Waals surface area contributed by atoms with Gasteiger partial charge in [0.15, 0.2) is 0 Å². The Morgan fingerprint density at radius 2 is 1.45 bits per heavy atom. The number of hydrogen-bond acceptors (Lipinski definition) is 1. The van der Waals surface area contributed by atoms with Crippen LogP contribution in [0.3, 0.4) is 0 Å². The average molecular weight is 407 g/mol. The molecule has 4 rings (SSSR count). The molecule has 1 atom stereocenters. The highest BCUT2D eigenvalue weighted by Gasteiger charge is 2.16. The van der Waals surface area contributed by atoms with Gasteiger partial charge in [0.25, 0.3) is 0 Å². The number of aryl methyl sites for hydroxylation is 1. The molecule has 0 saturated carbocycles. The van der Waals surface area contributed by atoms with E-state index in [0.29, 0.717) is 0 Å². The summed E-state index contributed by atoms with van der Waals surface area (Å²) in [7, 11) is 0. The molecule has 0 aliphatic rings. The van der Waals surface area contributed by atoms with Crippen molar-refractivity contribution in [3.05, 3.63) is 131 Å². The van der Waals surface area contributed by atoms with Crippen molar-refractivity contribution in [2.24, 2.45) is 0 Å². The second kappa shape index (κ2) is 9.93. The highest BCUT2D eigenvalue weighted by atomic mass is 15.1. The van der Waals surface area contributed by atoms with Crippen molar-refractivity contribution in [1.29, 1.82) is 5.26 Å². The van der Waals surface area contributed by atoms with Crippen LogP contribution in [-0.2, 0) is 26.2 Å². The topological polar surface area (TPSA) is 33.2 Å². The van der Waals surface area contributed by atoms with Crippen LogP contribution in [0.15, 0.2) is 97.2 Å². The van der Waals surface area contributed by atoms with Crippen molar-refractivity contribution in [2.45, 2.75) is 33.1 Å². The maximum Gasteiger partial charge on any atom is 0.119 e. The number of hydrogen-bond donors (Lipinski definition) is 1. The number of nitrogens with zero attached hydrogens (tertiary/aromatic N) is 2. The van der Waals surface area contributed by atoms with E-state index in [1.807, 2.05) is 18.2 Å². The zero-order valence-electron chi connectivity index (χ0n) is 18.0. The van der Waals surface area contributed by atoms with E-state index in [4.69, 9.17) is 0 Å². The standard InChI is InChI=1S/C28H27N3/c1-23-10-5-6-14-26(23)21-31-17-9-16-28(31)22-30(19-24-11-3-2-4-12-24)20-27-15-8-7-13-25(27)18-29/h2-17H,19-22H2,1H3/p+1. The molecule has 1 heterocycles. The van der Waals surface area contributed by atoms with Crippen molar-refractivity contribution < 1.29 is 4.90 Å². The van der Waals surface area contributed by atoms with E-state index in [9.17, 15) is 5.26 Å². The second-order valence-electron chi connectivity index (χ2n) is 8.09. The van der Waals surface area contributed by atoms with Gasteiger partial charge in [0.1, 0.15) is 19.6 Å². The van der Waals surface area contributed by atoms with E-state index >= 15 is 0 Å². The summed E-state index contributed by atoms with van der Waals surface area (Å²) in [6.07, 6.45) is 2.17. The van der Waals surface area contributed by atoms with Gasteiger partial charge in [0, 0.05) is 23.9 Å². The van der Waals surface area contributed by atoms with E-state index in [1.165, 1.54) is 27.3 Å². The van der Waals surface area contributed by atoms with Gasteiger partial charge in [-0.3, -0.25) is 0 Å². The number of aromatic nitrogens is 1. The zero-order valence-corrected chi connectivity index (χ0v) is 18.0. The van der Waals surface area contributed by atoms with Gasteiger partial charge in [-0.15, -0.1) is 0 Å². The van der Waals surface area contributed by atoms with E-state index in [2.05, 4.69) is 96.6 Å². The lowest BCUT2D eigenvalue weighted by Gasteiger charge is -2.22. The fourth-order valence-electron chi connectivity index (χ4n) is 4.12. The van der Waals surface area contributed by atoms with Gasteiger partial charge >= 0.3 is 0 Å². The average Bonchev–Trinajstić information content (AvgIpc) is 3.23. The van der Waals surface area contributed by atoms with Gasteiger partial charge in [-0.2, -0.15) is 5.26 Å². The van der Waals surface area contributed by atoms with Crippen LogP contribution >= 0.6 is 0 Å². The van der Waals surface area contributed by atoms with E-state index < -0.39 is 0 Å². The van der Waals surface area contributed by atoms with Gasteiger partial charge < -0.3 is 9.47 Å². The van der Waals surface area contributed by atoms with Gasteiger partial charge in [-0.25, -0.2) is 0 Å². The molecule has 3 aromatic carbocycles. The highest BCUT2D eigenvalue weighted by Crippen LogP contribution is 2.12. The number of nitriles is 1. The SMILES string of the molecule is Cc1ccccc1Cn1cccc1C[NH+](Cc1ccccc1)Cc1ccccc1C#N. The van der Waals surface area contributed by atoms with Crippen molar-refractivity contribution in [2.75, 3.05) is 0 Å². The molecule has 0 saturated heterocycles. The van der Waals surface area contributed by atoms with Crippen molar-refractivity contribution in [3.8, 4) is 6.07 Å². The van der Waals surface area contributed by atoms with Crippen LogP contribution in [-0.4, -0.2) is 4.57 Å². The Hall–Kier alpha value is -3.61. The normalized spacial score (nSPS) is 11.7. The third kappa shape index (κ3) is 5.31. The summed E-state index contributed by atoms with van der Waals surface area (Å²) in [5.41, 5.74) is 7.15. The summed E-state index contributed by atoms with van der Waals surface area (Å²) in [4.78, 5) is 1.42. The molecule has 0 fully saturated rings. The smallest absolute Gasteiger partial charge is 0.119 e. The quantitative estimate of drug-likeness (QED) is 0.459. The van der Waals surface area contributed by atoms with Crippen molar-refractivity contribution >= 4 is 0 Å². The summed E-state index contributed by atoms with van der Waals surface area (Å²) in [5, 5.41) is 9.55. The minimum atomic E-state index is 0.767. The van der Waals surface area contributed by atoms with Gasteiger partial charge in [0.05, 0.1) is 17.3 Å². The lowest BCUT2D eigenvalue weighted by atomic mass is 10.1. The molecule has 0 bridgehead atoms. The summed E-state index contributed by atoms with van der Waals surface area (Å²) in [5.74, 6) is 0. The Labute approximate surface area is 184 Å². The van der Waals surface area contributed by atoms with Gasteiger partial charge in [-0.05, 0) is 36.2 Å². The fraction of sp³-hybridized carbons (Fsp3) is 0.179. The van der Waals surface area contributed by atoms with Crippen LogP contribution in [0.4, 0.5) is 0 Å². The first-order valence-electron chi connectivity index (χ1n) is 10.8. The van der Waals surface area contributed by atoms with Crippen LogP contribution in [0.5, 0.6) is 0 Å². The zero-order chi connectivity index (χ0) is 21.5. The Morgan fingerprint density at radius 1 is 0.742 bits per heavy atom.